The van der Waals surface area contributed by atoms with Gasteiger partial charge < -0.3 is 14.6 Å². The zero-order valence-corrected chi connectivity index (χ0v) is 11.1. The van der Waals surface area contributed by atoms with Crippen molar-refractivity contribution in [3.8, 4) is 0 Å². The highest BCUT2D eigenvalue weighted by Gasteiger charge is 2.46. The summed E-state index contributed by atoms with van der Waals surface area (Å²) >= 11 is 0. The Balaban J connectivity index is 2.73. The van der Waals surface area contributed by atoms with Gasteiger partial charge in [0, 0.05) is 19.1 Å². The van der Waals surface area contributed by atoms with Gasteiger partial charge in [-0.3, -0.25) is 0 Å². The van der Waals surface area contributed by atoms with E-state index < -0.39 is 11.2 Å². The second-order valence-electron chi connectivity index (χ2n) is 5.41. The van der Waals surface area contributed by atoms with E-state index in [9.17, 15) is 9.90 Å². The van der Waals surface area contributed by atoms with Crippen LogP contribution in [-0.2, 0) is 14.3 Å². The molecule has 4 heteroatoms. The zero-order chi connectivity index (χ0) is 13.3. The number of methoxy groups -OCH3 is 1. The third-order valence-corrected chi connectivity index (χ3v) is 3.44. The van der Waals surface area contributed by atoms with Crippen molar-refractivity contribution >= 4 is 5.97 Å². The fourth-order valence-electron chi connectivity index (χ4n) is 2.13. The predicted octanol–water partition coefficient (Wildman–Crippen LogP) is 1.81. The number of hydrogen-bond acceptors (Lipinski definition) is 4. The molecule has 0 aromatic rings. The van der Waals surface area contributed by atoms with Gasteiger partial charge in [-0.15, -0.1) is 0 Å². The van der Waals surface area contributed by atoms with Gasteiger partial charge in [0.25, 0.3) is 0 Å². The number of rotatable bonds is 3. The molecule has 1 saturated carbocycles. The molecule has 0 aromatic heterocycles. The van der Waals surface area contributed by atoms with E-state index in [0.29, 0.717) is 24.8 Å². The molecule has 3 atom stereocenters. The summed E-state index contributed by atoms with van der Waals surface area (Å²) in [7, 11) is 1.56. The molecule has 0 amide bonds. The minimum absolute atomic E-state index is 0.320. The molecule has 17 heavy (non-hydrogen) atoms. The van der Waals surface area contributed by atoms with Crippen molar-refractivity contribution in [3.63, 3.8) is 0 Å². The Morgan fingerprint density at radius 2 is 2.00 bits per heavy atom. The number of ether oxygens (including phenoxy) is 2. The fraction of sp³-hybridized carbons (Fsp3) is 0.769. The molecule has 0 saturated heterocycles. The van der Waals surface area contributed by atoms with E-state index >= 15 is 0 Å². The number of carbonyl (C=O) groups excluding carboxylic acids is 1. The lowest BCUT2D eigenvalue weighted by Crippen LogP contribution is -2.52. The van der Waals surface area contributed by atoms with Gasteiger partial charge in [0.2, 0.25) is 0 Å². The molecule has 0 aromatic carbocycles. The maximum absolute atomic E-state index is 11.5. The number of carbonyl (C=O) groups is 1. The van der Waals surface area contributed by atoms with Crippen LogP contribution in [0.5, 0.6) is 0 Å². The fourth-order valence-corrected chi connectivity index (χ4v) is 2.13. The standard InChI is InChI=1S/C13H22O4/c1-9(2)11(14)17-12(3)6-7-13(4,15)10(8-12)16-5/h10,15H,1,6-8H2,2-5H3. The van der Waals surface area contributed by atoms with Gasteiger partial charge in [0.05, 0.1) is 11.7 Å². The van der Waals surface area contributed by atoms with Gasteiger partial charge in [-0.25, -0.2) is 4.79 Å². The van der Waals surface area contributed by atoms with E-state index in [4.69, 9.17) is 9.47 Å². The van der Waals surface area contributed by atoms with Crippen molar-refractivity contribution < 1.29 is 19.4 Å². The first-order valence-corrected chi connectivity index (χ1v) is 5.84. The minimum atomic E-state index is -0.857. The van der Waals surface area contributed by atoms with Crippen molar-refractivity contribution in [1.82, 2.24) is 0 Å². The van der Waals surface area contributed by atoms with Crippen LogP contribution >= 0.6 is 0 Å². The Kier molecular flexibility index (Phi) is 3.99. The van der Waals surface area contributed by atoms with E-state index in [1.165, 1.54) is 0 Å². The van der Waals surface area contributed by atoms with E-state index in [0.717, 1.165) is 0 Å². The molecule has 0 heterocycles. The van der Waals surface area contributed by atoms with Crippen LogP contribution in [0.4, 0.5) is 0 Å². The smallest absolute Gasteiger partial charge is 0.333 e. The molecule has 0 bridgehead atoms. The summed E-state index contributed by atoms with van der Waals surface area (Å²) in [6.45, 7) is 8.81. The normalized spacial score (nSPS) is 37.6. The summed E-state index contributed by atoms with van der Waals surface area (Å²) in [6, 6.07) is 0. The lowest BCUT2D eigenvalue weighted by molar-refractivity contribution is -0.182. The van der Waals surface area contributed by atoms with Crippen LogP contribution in [0.1, 0.15) is 40.0 Å². The Labute approximate surface area is 103 Å². The molecule has 1 rings (SSSR count). The number of esters is 1. The first-order chi connectivity index (χ1) is 7.70. The average molecular weight is 242 g/mol. The van der Waals surface area contributed by atoms with Gasteiger partial charge in [-0.05, 0) is 33.6 Å². The van der Waals surface area contributed by atoms with Crippen molar-refractivity contribution in [2.45, 2.75) is 57.3 Å². The van der Waals surface area contributed by atoms with Crippen molar-refractivity contribution in [2.24, 2.45) is 0 Å². The van der Waals surface area contributed by atoms with Crippen LogP contribution in [0.15, 0.2) is 12.2 Å². The first-order valence-electron chi connectivity index (χ1n) is 5.84. The zero-order valence-electron chi connectivity index (χ0n) is 11.1. The van der Waals surface area contributed by atoms with E-state index in [1.807, 2.05) is 6.92 Å². The Bertz CT molecular complexity index is 321. The summed E-state index contributed by atoms with van der Waals surface area (Å²) in [5.41, 5.74) is -1.06. The molecular formula is C13H22O4. The SMILES string of the molecule is C=C(C)C(=O)OC1(C)CCC(C)(O)C(OC)C1. The summed E-state index contributed by atoms with van der Waals surface area (Å²) in [4.78, 5) is 11.5. The molecule has 1 fully saturated rings. The third kappa shape index (κ3) is 3.30. The maximum atomic E-state index is 11.5. The predicted molar refractivity (Wildman–Crippen MR) is 64.6 cm³/mol. The molecule has 1 N–H and O–H groups in total. The average Bonchev–Trinajstić information content (AvgIpc) is 2.22. The summed E-state index contributed by atoms with van der Waals surface area (Å²) in [6.07, 6.45) is 1.35. The van der Waals surface area contributed by atoms with E-state index in [2.05, 4.69) is 6.58 Å². The molecule has 0 aliphatic heterocycles. The number of hydrogen-bond donors (Lipinski definition) is 1. The summed E-state index contributed by atoms with van der Waals surface area (Å²) < 4.78 is 10.7. The quantitative estimate of drug-likeness (QED) is 0.606. The van der Waals surface area contributed by atoms with Gasteiger partial charge in [0.15, 0.2) is 0 Å². The van der Waals surface area contributed by atoms with Gasteiger partial charge >= 0.3 is 5.97 Å². The molecular weight excluding hydrogens is 220 g/mol. The second-order valence-corrected chi connectivity index (χ2v) is 5.41. The monoisotopic (exact) mass is 242 g/mol. The van der Waals surface area contributed by atoms with Crippen LogP contribution < -0.4 is 0 Å². The minimum Gasteiger partial charge on any atom is -0.456 e. The summed E-state index contributed by atoms with van der Waals surface area (Å²) in [5, 5.41) is 10.1. The Morgan fingerprint density at radius 3 is 2.47 bits per heavy atom. The molecule has 1 aliphatic carbocycles. The molecule has 0 radical (unpaired) electrons. The highest BCUT2D eigenvalue weighted by molar-refractivity contribution is 5.87. The largest absolute Gasteiger partial charge is 0.456 e. The van der Waals surface area contributed by atoms with E-state index in [-0.39, 0.29) is 12.1 Å². The van der Waals surface area contributed by atoms with E-state index in [1.54, 1.807) is 21.0 Å². The molecule has 98 valence electrons. The van der Waals surface area contributed by atoms with Crippen molar-refractivity contribution in [2.75, 3.05) is 7.11 Å². The Hall–Kier alpha value is -0.870. The summed E-state index contributed by atoms with van der Waals surface area (Å²) in [5.74, 6) is -0.385. The van der Waals surface area contributed by atoms with Crippen LogP contribution in [0, 0.1) is 0 Å². The number of aliphatic hydroxyl groups is 1. The lowest BCUT2D eigenvalue weighted by atomic mass is 9.75. The highest BCUT2D eigenvalue weighted by atomic mass is 16.6. The van der Waals surface area contributed by atoms with Crippen molar-refractivity contribution in [1.29, 1.82) is 0 Å². The van der Waals surface area contributed by atoms with Gasteiger partial charge in [-0.1, -0.05) is 6.58 Å². The van der Waals surface area contributed by atoms with Gasteiger partial charge in [-0.2, -0.15) is 0 Å². The van der Waals surface area contributed by atoms with Crippen LogP contribution in [0.25, 0.3) is 0 Å². The molecule has 4 nitrogen and oxygen atoms in total. The molecule has 0 spiro atoms. The highest BCUT2D eigenvalue weighted by Crippen LogP contribution is 2.38. The lowest BCUT2D eigenvalue weighted by Gasteiger charge is -2.44. The van der Waals surface area contributed by atoms with Crippen LogP contribution in [0.3, 0.4) is 0 Å². The van der Waals surface area contributed by atoms with Crippen LogP contribution in [0.2, 0.25) is 0 Å². The Morgan fingerprint density at radius 1 is 1.41 bits per heavy atom. The maximum Gasteiger partial charge on any atom is 0.333 e. The molecule has 3 unspecified atom stereocenters. The third-order valence-electron chi connectivity index (χ3n) is 3.44. The van der Waals surface area contributed by atoms with Crippen LogP contribution in [-0.4, -0.2) is 35.5 Å². The molecule has 1 aliphatic rings. The van der Waals surface area contributed by atoms with Gasteiger partial charge in [0.1, 0.15) is 5.60 Å². The van der Waals surface area contributed by atoms with Crippen molar-refractivity contribution in [3.05, 3.63) is 12.2 Å². The first kappa shape index (κ1) is 14.2. The topological polar surface area (TPSA) is 55.8 Å². The second kappa shape index (κ2) is 4.78.